The van der Waals surface area contributed by atoms with Crippen molar-refractivity contribution in [3.8, 4) is 11.1 Å². The molecule has 0 spiro atoms. The highest BCUT2D eigenvalue weighted by molar-refractivity contribution is 5.81. The fraction of sp³-hybridized carbons (Fsp3) is 0.320. The van der Waals surface area contributed by atoms with Crippen molar-refractivity contribution in [1.82, 2.24) is 10.6 Å². The Morgan fingerprint density at radius 1 is 1.06 bits per heavy atom. The molecule has 0 unspecified atom stereocenters. The molecule has 3 N–H and O–H groups in total. The number of alkyl carbamates (subject to hydrolysis) is 1. The molecule has 0 saturated carbocycles. The third kappa shape index (κ3) is 5.97. The molecule has 0 heterocycles. The van der Waals surface area contributed by atoms with Crippen LogP contribution >= 0.6 is 0 Å². The van der Waals surface area contributed by atoms with Crippen LogP contribution in [0.3, 0.4) is 0 Å². The highest BCUT2D eigenvalue weighted by atomic mass is 16.5. The standard InChI is InChI=1S/C25H28N2O5/c1-2-8-17(15-23(28)26-14-7-13-24(29)30)27-25(31)32-16-22-20-11-5-3-9-18(20)19-10-4-6-12-21(19)22/h3-7,9-13,17,22H,2,8,14-16H2,1H3,(H,26,28)(H,27,31)(H,29,30)/b13-7+/t17-/m1/s1. The Labute approximate surface area is 187 Å². The third-order valence-corrected chi connectivity index (χ3v) is 5.41. The number of hydrogen-bond acceptors (Lipinski definition) is 4. The number of carboxylic acids is 1. The van der Waals surface area contributed by atoms with Crippen LogP contribution < -0.4 is 10.6 Å². The number of aliphatic carboxylic acids is 1. The van der Waals surface area contributed by atoms with Crippen LogP contribution in [0.1, 0.15) is 43.2 Å². The van der Waals surface area contributed by atoms with Gasteiger partial charge in [0, 0.05) is 31.0 Å². The van der Waals surface area contributed by atoms with Crippen LogP contribution in [0.4, 0.5) is 4.79 Å². The first-order chi connectivity index (χ1) is 15.5. The summed E-state index contributed by atoms with van der Waals surface area (Å²) in [7, 11) is 0. The van der Waals surface area contributed by atoms with E-state index in [2.05, 4.69) is 34.9 Å². The molecule has 0 aliphatic heterocycles. The first-order valence-electron chi connectivity index (χ1n) is 10.8. The summed E-state index contributed by atoms with van der Waals surface area (Å²) in [5.41, 5.74) is 4.60. The second-order valence-corrected chi connectivity index (χ2v) is 7.70. The van der Waals surface area contributed by atoms with Gasteiger partial charge in [0.25, 0.3) is 0 Å². The van der Waals surface area contributed by atoms with Crippen LogP contribution in [0.2, 0.25) is 0 Å². The summed E-state index contributed by atoms with van der Waals surface area (Å²) >= 11 is 0. The number of benzene rings is 2. The van der Waals surface area contributed by atoms with Gasteiger partial charge in [-0.15, -0.1) is 0 Å². The van der Waals surface area contributed by atoms with Gasteiger partial charge in [0.2, 0.25) is 5.91 Å². The third-order valence-electron chi connectivity index (χ3n) is 5.41. The summed E-state index contributed by atoms with van der Waals surface area (Å²) < 4.78 is 5.56. The van der Waals surface area contributed by atoms with Gasteiger partial charge in [-0.2, -0.15) is 0 Å². The molecule has 168 valence electrons. The van der Waals surface area contributed by atoms with E-state index >= 15 is 0 Å². The van der Waals surface area contributed by atoms with E-state index in [0.29, 0.717) is 6.42 Å². The lowest BCUT2D eigenvalue weighted by atomic mass is 9.98. The lowest BCUT2D eigenvalue weighted by molar-refractivity contribution is -0.131. The van der Waals surface area contributed by atoms with Gasteiger partial charge >= 0.3 is 12.1 Å². The van der Waals surface area contributed by atoms with Gasteiger partial charge in [-0.05, 0) is 28.7 Å². The molecule has 2 aromatic rings. The zero-order valence-corrected chi connectivity index (χ0v) is 18.0. The summed E-state index contributed by atoms with van der Waals surface area (Å²) in [5, 5.41) is 14.0. The quantitative estimate of drug-likeness (QED) is 0.491. The topological polar surface area (TPSA) is 105 Å². The summed E-state index contributed by atoms with van der Waals surface area (Å²) in [6, 6.07) is 15.9. The van der Waals surface area contributed by atoms with E-state index in [1.165, 1.54) is 6.08 Å². The first kappa shape index (κ1) is 23.1. The second kappa shape index (κ2) is 11.1. The van der Waals surface area contributed by atoms with E-state index in [0.717, 1.165) is 34.8 Å². The van der Waals surface area contributed by atoms with Crippen molar-refractivity contribution < 1.29 is 24.2 Å². The maximum absolute atomic E-state index is 12.5. The molecule has 0 radical (unpaired) electrons. The molecule has 0 fully saturated rings. The Kier molecular flexibility index (Phi) is 8.02. The lowest BCUT2D eigenvalue weighted by Crippen LogP contribution is -2.39. The molecule has 0 saturated heterocycles. The zero-order chi connectivity index (χ0) is 22.9. The normalized spacial score (nSPS) is 13.3. The minimum Gasteiger partial charge on any atom is -0.478 e. The van der Waals surface area contributed by atoms with Crippen molar-refractivity contribution in [1.29, 1.82) is 0 Å². The van der Waals surface area contributed by atoms with Crippen molar-refractivity contribution >= 4 is 18.0 Å². The molecule has 32 heavy (non-hydrogen) atoms. The molecular weight excluding hydrogens is 408 g/mol. The molecule has 3 rings (SSSR count). The molecule has 0 bridgehead atoms. The summed E-state index contributed by atoms with van der Waals surface area (Å²) in [6.07, 6.45) is 3.29. The van der Waals surface area contributed by atoms with Crippen molar-refractivity contribution in [2.45, 2.75) is 38.1 Å². The maximum Gasteiger partial charge on any atom is 0.407 e. The van der Waals surface area contributed by atoms with Gasteiger partial charge in [-0.3, -0.25) is 4.79 Å². The van der Waals surface area contributed by atoms with E-state index in [1.54, 1.807) is 0 Å². The summed E-state index contributed by atoms with van der Waals surface area (Å²) in [6.45, 7) is 2.31. The van der Waals surface area contributed by atoms with Gasteiger partial charge in [0.05, 0.1) is 0 Å². The number of fused-ring (bicyclic) bond motifs is 3. The number of carbonyl (C=O) groups is 3. The Balaban J connectivity index is 1.55. The number of rotatable bonds is 10. The molecule has 7 heteroatoms. The van der Waals surface area contributed by atoms with Crippen LogP contribution in [0.25, 0.3) is 11.1 Å². The Morgan fingerprint density at radius 3 is 2.28 bits per heavy atom. The van der Waals surface area contributed by atoms with E-state index in [-0.39, 0.29) is 37.4 Å². The average molecular weight is 437 g/mol. The Hall–Kier alpha value is -3.61. The molecule has 1 aliphatic rings. The van der Waals surface area contributed by atoms with Gasteiger partial charge in [0.15, 0.2) is 0 Å². The molecule has 7 nitrogen and oxygen atoms in total. The van der Waals surface area contributed by atoms with Crippen molar-refractivity contribution in [2.75, 3.05) is 13.2 Å². The predicted octanol–water partition coefficient (Wildman–Crippen LogP) is 3.84. The summed E-state index contributed by atoms with van der Waals surface area (Å²) in [5.74, 6) is -1.36. The van der Waals surface area contributed by atoms with Gasteiger partial charge in [-0.25, -0.2) is 9.59 Å². The minimum absolute atomic E-state index is 0.0258. The summed E-state index contributed by atoms with van der Waals surface area (Å²) in [4.78, 5) is 35.1. The van der Waals surface area contributed by atoms with E-state index < -0.39 is 12.1 Å². The number of carbonyl (C=O) groups excluding carboxylic acids is 2. The van der Waals surface area contributed by atoms with E-state index in [1.807, 2.05) is 31.2 Å². The lowest BCUT2D eigenvalue weighted by Gasteiger charge is -2.19. The molecule has 1 aliphatic carbocycles. The predicted molar refractivity (Wildman–Crippen MR) is 121 cm³/mol. The molecule has 1 atom stereocenters. The zero-order valence-electron chi connectivity index (χ0n) is 18.0. The van der Waals surface area contributed by atoms with Crippen LogP contribution in [-0.4, -0.2) is 42.3 Å². The molecule has 2 amide bonds. The largest absolute Gasteiger partial charge is 0.478 e. The van der Waals surface area contributed by atoms with E-state index in [4.69, 9.17) is 9.84 Å². The Morgan fingerprint density at radius 2 is 1.69 bits per heavy atom. The molecular formula is C25H28N2O5. The molecule has 0 aromatic heterocycles. The number of ether oxygens (including phenoxy) is 1. The first-order valence-corrected chi connectivity index (χ1v) is 10.8. The van der Waals surface area contributed by atoms with Crippen LogP contribution in [0.5, 0.6) is 0 Å². The van der Waals surface area contributed by atoms with Crippen LogP contribution in [0, 0.1) is 0 Å². The van der Waals surface area contributed by atoms with Crippen molar-refractivity contribution in [2.24, 2.45) is 0 Å². The van der Waals surface area contributed by atoms with Crippen molar-refractivity contribution in [3.63, 3.8) is 0 Å². The second-order valence-electron chi connectivity index (χ2n) is 7.70. The van der Waals surface area contributed by atoms with Crippen molar-refractivity contribution in [3.05, 3.63) is 71.8 Å². The Bertz CT molecular complexity index is 956. The van der Waals surface area contributed by atoms with Gasteiger partial charge in [-0.1, -0.05) is 68.0 Å². The average Bonchev–Trinajstić information content (AvgIpc) is 3.09. The van der Waals surface area contributed by atoms with Gasteiger partial charge < -0.3 is 20.5 Å². The van der Waals surface area contributed by atoms with Crippen LogP contribution in [0.15, 0.2) is 60.7 Å². The number of hydrogen-bond donors (Lipinski definition) is 3. The fourth-order valence-electron chi connectivity index (χ4n) is 4.01. The smallest absolute Gasteiger partial charge is 0.407 e. The number of carboxylic acid groups (broad SMARTS) is 1. The minimum atomic E-state index is -1.07. The van der Waals surface area contributed by atoms with E-state index in [9.17, 15) is 14.4 Å². The SMILES string of the molecule is CCC[C@H](CC(=O)NC/C=C/C(=O)O)NC(=O)OCC1c2ccccc2-c2ccccc21. The molecule has 2 aromatic carbocycles. The monoisotopic (exact) mass is 436 g/mol. The number of amides is 2. The highest BCUT2D eigenvalue weighted by Gasteiger charge is 2.29. The maximum atomic E-state index is 12.5. The number of nitrogens with one attached hydrogen (secondary N) is 2. The fourth-order valence-corrected chi connectivity index (χ4v) is 4.01. The van der Waals surface area contributed by atoms with Gasteiger partial charge in [0.1, 0.15) is 6.61 Å². The highest BCUT2D eigenvalue weighted by Crippen LogP contribution is 2.44. The van der Waals surface area contributed by atoms with Crippen LogP contribution in [-0.2, 0) is 14.3 Å².